The molecule has 1 aliphatic heterocycles. The van der Waals surface area contributed by atoms with Crippen LogP contribution in [0.4, 0.5) is 5.69 Å². The number of rotatable bonds is 6. The predicted octanol–water partition coefficient (Wildman–Crippen LogP) is 8.69. The molecule has 3 heterocycles. The number of hydrogen-bond donors (Lipinski definition) is 1. The highest BCUT2D eigenvalue weighted by Crippen LogP contribution is 2.44. The van der Waals surface area contributed by atoms with Crippen LogP contribution in [0.1, 0.15) is 34.7 Å². The highest BCUT2D eigenvalue weighted by Gasteiger charge is 2.42. The third-order valence-corrected chi connectivity index (χ3v) is 7.75. The molecule has 0 aliphatic carbocycles. The molecule has 5 nitrogen and oxygen atoms in total. The summed E-state index contributed by atoms with van der Waals surface area (Å²) in [6.45, 7) is 4.13. The zero-order valence-corrected chi connectivity index (χ0v) is 23.9. The molecule has 0 spiro atoms. The van der Waals surface area contributed by atoms with Crippen molar-refractivity contribution in [2.45, 2.75) is 25.9 Å². The minimum atomic E-state index is -0.241. The molecule has 39 heavy (non-hydrogen) atoms. The maximum Gasteiger partial charge on any atom is 0.174 e. The standard InChI is InChI=1S/C32H26BrN3O2S/c1-20-6-11-23(12-7-20)37-24-13-9-22(10-14-24)36-31(30(35-32(36)39)27-5-3-4-18-34-27)29-17-16-28(38-29)25-15-8-21(2)19-26(25)33/h3-19,30-31H,1-2H3,(H,35,39)/t30-,31+/m0/s1. The van der Waals surface area contributed by atoms with Crippen molar-refractivity contribution in [3.8, 4) is 22.8 Å². The summed E-state index contributed by atoms with van der Waals surface area (Å²) in [6.07, 6.45) is 1.80. The van der Waals surface area contributed by atoms with Crippen LogP contribution in [0.25, 0.3) is 11.3 Å². The van der Waals surface area contributed by atoms with E-state index in [1.165, 1.54) is 11.1 Å². The molecule has 0 unspecified atom stereocenters. The quantitative estimate of drug-likeness (QED) is 0.198. The first-order valence-electron chi connectivity index (χ1n) is 12.7. The average molecular weight is 597 g/mol. The summed E-state index contributed by atoms with van der Waals surface area (Å²) in [7, 11) is 0. The van der Waals surface area contributed by atoms with Gasteiger partial charge in [0.15, 0.2) is 5.11 Å². The van der Waals surface area contributed by atoms with E-state index in [2.05, 4.69) is 63.2 Å². The van der Waals surface area contributed by atoms with Gasteiger partial charge in [-0.2, -0.15) is 0 Å². The van der Waals surface area contributed by atoms with Crippen LogP contribution >= 0.6 is 28.1 Å². The summed E-state index contributed by atoms with van der Waals surface area (Å²) in [5.41, 5.74) is 5.19. The molecule has 1 N–H and O–H groups in total. The van der Waals surface area contributed by atoms with E-state index in [-0.39, 0.29) is 12.1 Å². The Bertz CT molecular complexity index is 1620. The molecule has 5 aromatic rings. The Kier molecular flexibility index (Phi) is 6.94. The third kappa shape index (κ3) is 5.20. The van der Waals surface area contributed by atoms with Crippen LogP contribution in [0.5, 0.6) is 11.5 Å². The van der Waals surface area contributed by atoms with E-state index in [9.17, 15) is 0 Å². The fourth-order valence-corrected chi connectivity index (χ4v) is 5.85. The van der Waals surface area contributed by atoms with E-state index in [4.69, 9.17) is 21.4 Å². The van der Waals surface area contributed by atoms with Crippen molar-refractivity contribution in [1.29, 1.82) is 0 Å². The maximum atomic E-state index is 6.51. The first kappa shape index (κ1) is 25.3. The Balaban J connectivity index is 1.35. The molecule has 1 fully saturated rings. The van der Waals surface area contributed by atoms with Crippen molar-refractivity contribution in [2.75, 3.05) is 4.90 Å². The normalized spacial score (nSPS) is 16.8. The number of nitrogens with zero attached hydrogens (tertiary/aromatic N) is 2. The number of furan rings is 1. The van der Waals surface area contributed by atoms with Crippen LogP contribution in [0.15, 0.2) is 112 Å². The highest BCUT2D eigenvalue weighted by atomic mass is 79.9. The summed E-state index contributed by atoms with van der Waals surface area (Å²) in [6, 6.07) is 31.7. The molecule has 3 aromatic carbocycles. The van der Waals surface area contributed by atoms with E-state index in [1.54, 1.807) is 6.20 Å². The van der Waals surface area contributed by atoms with E-state index in [1.807, 2.05) is 78.9 Å². The van der Waals surface area contributed by atoms with Crippen molar-refractivity contribution < 1.29 is 9.15 Å². The lowest BCUT2D eigenvalue weighted by Crippen LogP contribution is -2.29. The first-order chi connectivity index (χ1) is 19.0. The summed E-state index contributed by atoms with van der Waals surface area (Å²) in [5, 5.41) is 4.10. The van der Waals surface area contributed by atoms with Crippen LogP contribution in [0, 0.1) is 13.8 Å². The van der Waals surface area contributed by atoms with Crippen molar-refractivity contribution in [2.24, 2.45) is 0 Å². The molecule has 7 heteroatoms. The Morgan fingerprint density at radius 2 is 1.59 bits per heavy atom. The first-order valence-corrected chi connectivity index (χ1v) is 13.9. The molecular weight excluding hydrogens is 570 g/mol. The molecular formula is C32H26BrN3O2S. The zero-order valence-electron chi connectivity index (χ0n) is 21.5. The number of ether oxygens (including phenoxy) is 1. The molecule has 1 aliphatic rings. The summed E-state index contributed by atoms with van der Waals surface area (Å²) < 4.78 is 13.6. The summed E-state index contributed by atoms with van der Waals surface area (Å²) in [5.74, 6) is 3.13. The Morgan fingerprint density at radius 1 is 0.872 bits per heavy atom. The molecule has 2 atom stereocenters. The van der Waals surface area contributed by atoms with Crippen LogP contribution in [-0.2, 0) is 0 Å². The largest absolute Gasteiger partial charge is 0.459 e. The van der Waals surface area contributed by atoms with Gasteiger partial charge < -0.3 is 19.4 Å². The second-order valence-electron chi connectivity index (χ2n) is 9.59. The molecule has 0 radical (unpaired) electrons. The summed E-state index contributed by atoms with van der Waals surface area (Å²) >= 11 is 9.56. The molecule has 0 amide bonds. The molecule has 6 rings (SSSR count). The maximum absolute atomic E-state index is 6.51. The van der Waals surface area contributed by atoms with Gasteiger partial charge in [-0.3, -0.25) is 4.98 Å². The van der Waals surface area contributed by atoms with E-state index >= 15 is 0 Å². The van der Waals surface area contributed by atoms with Gasteiger partial charge in [-0.1, -0.05) is 45.8 Å². The number of nitrogens with one attached hydrogen (secondary N) is 1. The lowest BCUT2D eigenvalue weighted by Gasteiger charge is -2.26. The topological polar surface area (TPSA) is 50.5 Å². The van der Waals surface area contributed by atoms with Crippen molar-refractivity contribution >= 4 is 38.9 Å². The van der Waals surface area contributed by atoms with Crippen LogP contribution in [-0.4, -0.2) is 10.1 Å². The summed E-state index contributed by atoms with van der Waals surface area (Å²) in [4.78, 5) is 6.73. The molecule has 194 valence electrons. The monoisotopic (exact) mass is 595 g/mol. The van der Waals surface area contributed by atoms with Gasteiger partial charge in [0, 0.05) is 21.9 Å². The van der Waals surface area contributed by atoms with Gasteiger partial charge in [-0.25, -0.2) is 0 Å². The van der Waals surface area contributed by atoms with E-state index < -0.39 is 0 Å². The number of aryl methyl sites for hydroxylation is 2. The van der Waals surface area contributed by atoms with Crippen molar-refractivity contribution in [3.05, 3.63) is 130 Å². The number of benzene rings is 3. The minimum Gasteiger partial charge on any atom is -0.459 e. The number of anilines is 1. The van der Waals surface area contributed by atoms with Gasteiger partial charge >= 0.3 is 0 Å². The second-order valence-corrected chi connectivity index (χ2v) is 10.8. The predicted molar refractivity (Wildman–Crippen MR) is 162 cm³/mol. The lowest BCUT2D eigenvalue weighted by atomic mass is 10.0. The van der Waals surface area contributed by atoms with Gasteiger partial charge in [0.2, 0.25) is 0 Å². The van der Waals surface area contributed by atoms with Gasteiger partial charge in [0.1, 0.15) is 29.1 Å². The fraction of sp³-hybridized carbons (Fsp3) is 0.125. The molecule has 0 saturated carbocycles. The van der Waals surface area contributed by atoms with Crippen LogP contribution in [0.2, 0.25) is 0 Å². The number of aromatic nitrogens is 1. The van der Waals surface area contributed by atoms with Gasteiger partial charge in [-0.05, 0) is 104 Å². The molecule has 2 aromatic heterocycles. The third-order valence-electron chi connectivity index (χ3n) is 6.78. The van der Waals surface area contributed by atoms with Crippen LogP contribution in [0.3, 0.4) is 0 Å². The number of hydrogen-bond acceptors (Lipinski definition) is 4. The lowest BCUT2D eigenvalue weighted by molar-refractivity contribution is 0.439. The Morgan fingerprint density at radius 3 is 2.28 bits per heavy atom. The van der Waals surface area contributed by atoms with Gasteiger partial charge in [0.25, 0.3) is 0 Å². The highest BCUT2D eigenvalue weighted by molar-refractivity contribution is 9.10. The van der Waals surface area contributed by atoms with Crippen molar-refractivity contribution in [3.63, 3.8) is 0 Å². The van der Waals surface area contributed by atoms with E-state index in [0.717, 1.165) is 44.4 Å². The Hall–Kier alpha value is -3.94. The zero-order chi connectivity index (χ0) is 26.9. The smallest absolute Gasteiger partial charge is 0.174 e. The Labute approximate surface area is 241 Å². The molecule has 0 bridgehead atoms. The van der Waals surface area contributed by atoms with Crippen molar-refractivity contribution in [1.82, 2.24) is 10.3 Å². The van der Waals surface area contributed by atoms with Gasteiger partial charge in [-0.15, -0.1) is 0 Å². The van der Waals surface area contributed by atoms with Crippen LogP contribution < -0.4 is 15.0 Å². The number of pyridine rings is 1. The SMILES string of the molecule is Cc1ccc(Oc2ccc(N3C(=S)N[C@@H](c4ccccn4)[C@H]3c3ccc(-c4ccc(C)cc4Br)o3)cc2)cc1. The number of halogens is 1. The van der Waals surface area contributed by atoms with E-state index in [0.29, 0.717) is 5.11 Å². The van der Waals surface area contributed by atoms with Gasteiger partial charge in [0.05, 0.1) is 11.7 Å². The minimum absolute atomic E-state index is 0.192. The fourth-order valence-electron chi connectivity index (χ4n) is 4.82. The molecule has 1 saturated heterocycles. The number of thiocarbonyl (C=S) groups is 1. The second kappa shape index (κ2) is 10.7. The average Bonchev–Trinajstić information content (AvgIpc) is 3.55.